The van der Waals surface area contributed by atoms with Gasteiger partial charge in [-0.1, -0.05) is 12.2 Å². The van der Waals surface area contributed by atoms with Crippen LogP contribution in [0.2, 0.25) is 0 Å². The first-order chi connectivity index (χ1) is 11.3. The number of carbonyl (C=O) groups excluding carboxylic acids is 1. The molecule has 1 aliphatic carbocycles. The SMILES string of the molecule is COC(=O)Cn1ncc2c(N3CC4CC=CCC4C3)ncnc21. The van der Waals surface area contributed by atoms with E-state index in [2.05, 4.69) is 32.1 Å². The van der Waals surface area contributed by atoms with Crippen LogP contribution in [0.4, 0.5) is 5.82 Å². The van der Waals surface area contributed by atoms with Crippen molar-refractivity contribution in [2.45, 2.75) is 19.4 Å². The van der Waals surface area contributed by atoms with Crippen molar-refractivity contribution in [3.05, 3.63) is 24.7 Å². The molecule has 23 heavy (non-hydrogen) atoms. The number of rotatable bonds is 3. The number of fused-ring (bicyclic) bond motifs is 2. The van der Waals surface area contributed by atoms with Gasteiger partial charge in [0, 0.05) is 13.1 Å². The van der Waals surface area contributed by atoms with Crippen LogP contribution >= 0.6 is 0 Å². The Hall–Kier alpha value is -2.44. The van der Waals surface area contributed by atoms with Gasteiger partial charge in [0.05, 0.1) is 18.7 Å². The molecular formula is C16H19N5O2. The van der Waals surface area contributed by atoms with Gasteiger partial charge in [0.15, 0.2) is 5.65 Å². The van der Waals surface area contributed by atoms with Crippen LogP contribution in [0.3, 0.4) is 0 Å². The van der Waals surface area contributed by atoms with Crippen molar-refractivity contribution in [2.75, 3.05) is 25.1 Å². The third-order valence-electron chi connectivity index (χ3n) is 4.84. The summed E-state index contributed by atoms with van der Waals surface area (Å²) in [4.78, 5) is 22.6. The summed E-state index contributed by atoms with van der Waals surface area (Å²) in [6, 6.07) is 0. The Morgan fingerprint density at radius 2 is 2.00 bits per heavy atom. The standard InChI is InChI=1S/C16H19N5O2/c1-23-14(22)9-21-16-13(6-19-21)15(17-10-18-16)20-7-11-4-2-3-5-12(11)8-20/h2-3,6,10-12H,4-5,7-9H2,1H3. The van der Waals surface area contributed by atoms with Crippen LogP contribution in [-0.4, -0.2) is 45.9 Å². The van der Waals surface area contributed by atoms with Crippen LogP contribution in [0.25, 0.3) is 11.0 Å². The third kappa shape index (κ3) is 2.46. The molecule has 0 N–H and O–H groups in total. The fourth-order valence-corrected chi connectivity index (χ4v) is 3.62. The first kappa shape index (κ1) is 14.2. The number of allylic oxidation sites excluding steroid dienone is 2. The molecule has 0 bridgehead atoms. The molecule has 0 aromatic carbocycles. The fourth-order valence-electron chi connectivity index (χ4n) is 3.62. The van der Waals surface area contributed by atoms with E-state index in [0.717, 1.165) is 37.1 Å². The average Bonchev–Trinajstić information content (AvgIpc) is 3.18. The number of hydrogen-bond acceptors (Lipinski definition) is 6. The lowest BCUT2D eigenvalue weighted by molar-refractivity contribution is -0.141. The van der Waals surface area contributed by atoms with Gasteiger partial charge in [0.25, 0.3) is 0 Å². The predicted octanol–water partition coefficient (Wildman–Crippen LogP) is 1.40. The van der Waals surface area contributed by atoms with E-state index < -0.39 is 0 Å². The number of esters is 1. The van der Waals surface area contributed by atoms with Crippen molar-refractivity contribution in [1.29, 1.82) is 0 Å². The van der Waals surface area contributed by atoms with Crippen molar-refractivity contribution in [2.24, 2.45) is 11.8 Å². The second-order valence-electron chi connectivity index (χ2n) is 6.18. The average molecular weight is 313 g/mol. The molecule has 0 amide bonds. The van der Waals surface area contributed by atoms with Crippen LogP contribution in [-0.2, 0) is 16.1 Å². The molecule has 2 aliphatic rings. The fraction of sp³-hybridized carbons (Fsp3) is 0.500. The van der Waals surface area contributed by atoms with Gasteiger partial charge in [0.2, 0.25) is 0 Å². The van der Waals surface area contributed by atoms with E-state index in [9.17, 15) is 4.79 Å². The zero-order chi connectivity index (χ0) is 15.8. The first-order valence-corrected chi connectivity index (χ1v) is 7.89. The molecule has 0 saturated carbocycles. The van der Waals surface area contributed by atoms with E-state index in [1.165, 1.54) is 7.11 Å². The Balaban J connectivity index is 1.65. The van der Waals surface area contributed by atoms with E-state index in [4.69, 9.17) is 4.74 Å². The van der Waals surface area contributed by atoms with Crippen molar-refractivity contribution >= 4 is 22.8 Å². The van der Waals surface area contributed by atoms with Crippen molar-refractivity contribution < 1.29 is 9.53 Å². The van der Waals surface area contributed by atoms with Crippen LogP contribution < -0.4 is 4.90 Å². The molecule has 2 aromatic rings. The summed E-state index contributed by atoms with van der Waals surface area (Å²) in [5, 5.41) is 5.17. The largest absolute Gasteiger partial charge is 0.468 e. The smallest absolute Gasteiger partial charge is 0.327 e. The summed E-state index contributed by atoms with van der Waals surface area (Å²) in [5.41, 5.74) is 0.674. The molecule has 120 valence electrons. The Morgan fingerprint density at radius 3 is 2.70 bits per heavy atom. The number of anilines is 1. The summed E-state index contributed by atoms with van der Waals surface area (Å²) in [6.45, 7) is 2.10. The van der Waals surface area contributed by atoms with Gasteiger partial charge in [-0.25, -0.2) is 14.6 Å². The highest BCUT2D eigenvalue weighted by Gasteiger charge is 2.34. The highest BCUT2D eigenvalue weighted by atomic mass is 16.5. The van der Waals surface area contributed by atoms with Crippen LogP contribution in [0.15, 0.2) is 24.7 Å². The molecule has 1 aliphatic heterocycles. The molecule has 3 heterocycles. The molecule has 0 spiro atoms. The Labute approximate surface area is 134 Å². The van der Waals surface area contributed by atoms with Gasteiger partial charge in [-0.2, -0.15) is 5.10 Å². The lowest BCUT2D eigenvalue weighted by Gasteiger charge is -2.17. The summed E-state index contributed by atoms with van der Waals surface area (Å²) < 4.78 is 6.27. The molecule has 2 atom stereocenters. The number of methoxy groups -OCH3 is 1. The van der Waals surface area contributed by atoms with Gasteiger partial charge in [-0.15, -0.1) is 0 Å². The Kier molecular flexibility index (Phi) is 3.48. The minimum atomic E-state index is -0.339. The van der Waals surface area contributed by atoms with Crippen molar-refractivity contribution in [3.8, 4) is 0 Å². The maximum absolute atomic E-state index is 11.5. The monoisotopic (exact) mass is 313 g/mol. The van der Waals surface area contributed by atoms with Crippen LogP contribution in [0.1, 0.15) is 12.8 Å². The summed E-state index contributed by atoms with van der Waals surface area (Å²) in [7, 11) is 1.37. The molecular weight excluding hydrogens is 294 g/mol. The quantitative estimate of drug-likeness (QED) is 0.630. The Morgan fingerprint density at radius 1 is 1.26 bits per heavy atom. The maximum atomic E-state index is 11.5. The molecule has 7 nitrogen and oxygen atoms in total. The molecule has 2 aromatic heterocycles. The van der Waals surface area contributed by atoms with Gasteiger partial charge < -0.3 is 9.64 Å². The topological polar surface area (TPSA) is 73.1 Å². The molecule has 0 radical (unpaired) electrons. The van der Waals surface area contributed by atoms with E-state index in [1.807, 2.05) is 0 Å². The number of carbonyl (C=O) groups is 1. The predicted molar refractivity (Wildman–Crippen MR) is 84.9 cm³/mol. The van der Waals surface area contributed by atoms with Crippen molar-refractivity contribution in [3.63, 3.8) is 0 Å². The van der Waals surface area contributed by atoms with Gasteiger partial charge in [0.1, 0.15) is 18.7 Å². The molecule has 2 unspecified atom stereocenters. The van der Waals surface area contributed by atoms with E-state index in [1.54, 1.807) is 17.2 Å². The van der Waals surface area contributed by atoms with E-state index in [0.29, 0.717) is 17.5 Å². The highest BCUT2D eigenvalue weighted by Crippen LogP contribution is 2.36. The minimum Gasteiger partial charge on any atom is -0.468 e. The number of ether oxygens (including phenoxy) is 1. The molecule has 1 saturated heterocycles. The normalized spacial score (nSPS) is 23.3. The summed E-state index contributed by atoms with van der Waals surface area (Å²) in [5.74, 6) is 1.99. The van der Waals surface area contributed by atoms with E-state index in [-0.39, 0.29) is 12.5 Å². The zero-order valence-corrected chi connectivity index (χ0v) is 13.1. The number of hydrogen-bond donors (Lipinski definition) is 0. The van der Waals surface area contributed by atoms with Crippen LogP contribution in [0.5, 0.6) is 0 Å². The number of aromatic nitrogens is 4. The lowest BCUT2D eigenvalue weighted by Crippen LogP contribution is -2.21. The maximum Gasteiger partial charge on any atom is 0.327 e. The van der Waals surface area contributed by atoms with Gasteiger partial charge in [-0.05, 0) is 24.7 Å². The zero-order valence-electron chi connectivity index (χ0n) is 13.1. The van der Waals surface area contributed by atoms with E-state index >= 15 is 0 Å². The Bertz CT molecular complexity index is 753. The first-order valence-electron chi connectivity index (χ1n) is 7.89. The second-order valence-corrected chi connectivity index (χ2v) is 6.18. The lowest BCUT2D eigenvalue weighted by atomic mass is 9.86. The molecule has 1 fully saturated rings. The molecule has 4 rings (SSSR count). The van der Waals surface area contributed by atoms with Crippen molar-refractivity contribution in [1.82, 2.24) is 19.7 Å². The summed E-state index contributed by atoms with van der Waals surface area (Å²) >= 11 is 0. The highest BCUT2D eigenvalue weighted by molar-refractivity contribution is 5.87. The number of nitrogens with zero attached hydrogens (tertiary/aromatic N) is 5. The van der Waals surface area contributed by atoms with Crippen LogP contribution in [0, 0.1) is 11.8 Å². The second kappa shape index (κ2) is 5.64. The molecule has 7 heteroatoms. The third-order valence-corrected chi connectivity index (χ3v) is 4.84. The van der Waals surface area contributed by atoms with Gasteiger partial charge in [-0.3, -0.25) is 4.79 Å². The van der Waals surface area contributed by atoms with Gasteiger partial charge >= 0.3 is 5.97 Å². The summed E-state index contributed by atoms with van der Waals surface area (Å²) in [6.07, 6.45) is 10.2. The minimum absolute atomic E-state index is 0.0611.